The van der Waals surface area contributed by atoms with Crippen molar-refractivity contribution in [2.75, 3.05) is 6.61 Å². The molecule has 102 valence electrons. The van der Waals surface area contributed by atoms with E-state index in [2.05, 4.69) is 24.1 Å². The van der Waals surface area contributed by atoms with Gasteiger partial charge in [-0.1, -0.05) is 27.7 Å². The molecule has 0 radical (unpaired) electrons. The minimum atomic E-state index is -0.327. The minimum absolute atomic E-state index is 0.327. The van der Waals surface area contributed by atoms with Crippen molar-refractivity contribution >= 4 is 0 Å². The first-order chi connectivity index (χ1) is 8.49. The van der Waals surface area contributed by atoms with Gasteiger partial charge in [0.05, 0.1) is 12.8 Å². The summed E-state index contributed by atoms with van der Waals surface area (Å²) >= 11 is 0. The summed E-state index contributed by atoms with van der Waals surface area (Å²) < 4.78 is 18.8. The van der Waals surface area contributed by atoms with E-state index in [9.17, 15) is 4.39 Å². The summed E-state index contributed by atoms with van der Waals surface area (Å²) in [6.07, 6.45) is 2.17. The van der Waals surface area contributed by atoms with Crippen molar-refractivity contribution in [2.24, 2.45) is 5.92 Å². The van der Waals surface area contributed by atoms with E-state index in [1.165, 1.54) is 12.3 Å². The largest absolute Gasteiger partial charge is 0.477 e. The van der Waals surface area contributed by atoms with E-state index in [0.717, 1.165) is 12.0 Å². The lowest BCUT2D eigenvalue weighted by Crippen LogP contribution is -2.22. The molecule has 0 saturated carbocycles. The molecule has 0 saturated heterocycles. The number of aromatic nitrogens is 1. The van der Waals surface area contributed by atoms with Crippen LogP contribution < -0.4 is 10.1 Å². The zero-order valence-corrected chi connectivity index (χ0v) is 11.7. The van der Waals surface area contributed by atoms with Crippen LogP contribution in [0.15, 0.2) is 12.3 Å². The summed E-state index contributed by atoms with van der Waals surface area (Å²) in [5, 5.41) is 3.24. The Hall–Kier alpha value is -1.16. The molecule has 0 bridgehead atoms. The standard InChI is InChI=1S/C14H23FN2O/c1-10(2)5-6-18-14-12(8-16-11(3)4)7-13(15)9-17-14/h7,9-11,16H,5-6,8H2,1-4H3. The van der Waals surface area contributed by atoms with Crippen LogP contribution >= 0.6 is 0 Å². The highest BCUT2D eigenvalue weighted by molar-refractivity contribution is 5.26. The second kappa shape index (κ2) is 7.31. The van der Waals surface area contributed by atoms with Crippen LogP contribution in [0, 0.1) is 11.7 Å². The van der Waals surface area contributed by atoms with Crippen molar-refractivity contribution in [3.8, 4) is 5.88 Å². The molecule has 0 spiro atoms. The first kappa shape index (κ1) is 14.9. The maximum absolute atomic E-state index is 13.2. The molecule has 0 unspecified atom stereocenters. The van der Waals surface area contributed by atoms with Gasteiger partial charge in [0.2, 0.25) is 5.88 Å². The van der Waals surface area contributed by atoms with Gasteiger partial charge < -0.3 is 10.1 Å². The molecule has 0 aromatic carbocycles. The fraction of sp³-hybridized carbons (Fsp3) is 0.643. The number of hydrogen-bond donors (Lipinski definition) is 1. The van der Waals surface area contributed by atoms with Crippen LogP contribution in [0.4, 0.5) is 4.39 Å². The third kappa shape index (κ3) is 5.45. The second-order valence-electron chi connectivity index (χ2n) is 5.18. The van der Waals surface area contributed by atoms with Gasteiger partial charge >= 0.3 is 0 Å². The van der Waals surface area contributed by atoms with Gasteiger partial charge in [0.15, 0.2) is 0 Å². The number of ether oxygens (including phenoxy) is 1. The van der Waals surface area contributed by atoms with Gasteiger partial charge in [-0.25, -0.2) is 9.37 Å². The second-order valence-corrected chi connectivity index (χ2v) is 5.18. The molecule has 1 N–H and O–H groups in total. The van der Waals surface area contributed by atoms with Gasteiger partial charge in [0, 0.05) is 18.2 Å². The average Bonchev–Trinajstić information content (AvgIpc) is 2.28. The van der Waals surface area contributed by atoms with Gasteiger partial charge in [0.25, 0.3) is 0 Å². The minimum Gasteiger partial charge on any atom is -0.477 e. The van der Waals surface area contributed by atoms with E-state index in [1.54, 1.807) is 0 Å². The van der Waals surface area contributed by atoms with Crippen LogP contribution in [0.5, 0.6) is 5.88 Å². The monoisotopic (exact) mass is 254 g/mol. The molecule has 0 fully saturated rings. The highest BCUT2D eigenvalue weighted by Crippen LogP contribution is 2.17. The molecule has 18 heavy (non-hydrogen) atoms. The molecule has 0 atom stereocenters. The highest BCUT2D eigenvalue weighted by atomic mass is 19.1. The van der Waals surface area contributed by atoms with Gasteiger partial charge in [-0.05, 0) is 18.4 Å². The molecule has 1 aromatic rings. The van der Waals surface area contributed by atoms with E-state index >= 15 is 0 Å². The third-order valence-corrected chi connectivity index (χ3v) is 2.53. The molecular weight excluding hydrogens is 231 g/mol. The maximum atomic E-state index is 13.2. The lowest BCUT2D eigenvalue weighted by atomic mass is 10.1. The average molecular weight is 254 g/mol. The fourth-order valence-corrected chi connectivity index (χ4v) is 1.43. The Kier molecular flexibility index (Phi) is 6.05. The fourth-order valence-electron chi connectivity index (χ4n) is 1.43. The highest BCUT2D eigenvalue weighted by Gasteiger charge is 2.08. The number of hydrogen-bond acceptors (Lipinski definition) is 3. The molecule has 3 nitrogen and oxygen atoms in total. The van der Waals surface area contributed by atoms with Crippen molar-refractivity contribution in [1.29, 1.82) is 0 Å². The Labute approximate surface area is 109 Å². The Morgan fingerprint density at radius 1 is 1.33 bits per heavy atom. The lowest BCUT2D eigenvalue weighted by molar-refractivity contribution is 0.275. The summed E-state index contributed by atoms with van der Waals surface area (Å²) in [7, 11) is 0. The SMILES string of the molecule is CC(C)CCOc1ncc(F)cc1CNC(C)C. The van der Waals surface area contributed by atoms with Crippen molar-refractivity contribution < 1.29 is 9.13 Å². The number of nitrogens with zero attached hydrogens (tertiary/aromatic N) is 1. The predicted molar refractivity (Wildman–Crippen MR) is 71.1 cm³/mol. The third-order valence-electron chi connectivity index (χ3n) is 2.53. The van der Waals surface area contributed by atoms with E-state index in [4.69, 9.17) is 4.74 Å². The molecule has 4 heteroatoms. The van der Waals surface area contributed by atoms with Gasteiger partial charge in [-0.3, -0.25) is 0 Å². The summed E-state index contributed by atoms with van der Waals surface area (Å²) in [4.78, 5) is 4.02. The summed E-state index contributed by atoms with van der Waals surface area (Å²) in [6, 6.07) is 1.82. The first-order valence-corrected chi connectivity index (χ1v) is 6.49. The quantitative estimate of drug-likeness (QED) is 0.811. The van der Waals surface area contributed by atoms with E-state index in [-0.39, 0.29) is 5.82 Å². The lowest BCUT2D eigenvalue weighted by Gasteiger charge is -2.13. The van der Waals surface area contributed by atoms with E-state index < -0.39 is 0 Å². The van der Waals surface area contributed by atoms with Crippen molar-refractivity contribution in [3.05, 3.63) is 23.6 Å². The number of nitrogens with one attached hydrogen (secondary N) is 1. The molecule has 0 amide bonds. The van der Waals surface area contributed by atoms with E-state index in [1.807, 2.05) is 13.8 Å². The molecule has 1 aromatic heterocycles. The summed E-state index contributed by atoms with van der Waals surface area (Å²) in [5.74, 6) is 0.791. The summed E-state index contributed by atoms with van der Waals surface area (Å²) in [5.41, 5.74) is 0.771. The van der Waals surface area contributed by atoms with Crippen LogP contribution in [0.1, 0.15) is 39.7 Å². The first-order valence-electron chi connectivity index (χ1n) is 6.49. The van der Waals surface area contributed by atoms with Crippen molar-refractivity contribution in [3.63, 3.8) is 0 Å². The Balaban J connectivity index is 2.64. The van der Waals surface area contributed by atoms with Crippen molar-refractivity contribution in [1.82, 2.24) is 10.3 Å². The number of halogens is 1. The van der Waals surface area contributed by atoms with Gasteiger partial charge in [-0.15, -0.1) is 0 Å². The van der Waals surface area contributed by atoms with Gasteiger partial charge in [0.1, 0.15) is 5.82 Å². The van der Waals surface area contributed by atoms with Crippen LogP contribution in [0.3, 0.4) is 0 Å². The molecule has 0 aliphatic rings. The maximum Gasteiger partial charge on any atom is 0.218 e. The van der Waals surface area contributed by atoms with Gasteiger partial charge in [-0.2, -0.15) is 0 Å². The van der Waals surface area contributed by atoms with Crippen molar-refractivity contribution in [2.45, 2.75) is 46.7 Å². The molecular formula is C14H23FN2O. The molecule has 0 aliphatic carbocycles. The van der Waals surface area contributed by atoms with Crippen LogP contribution in [0.2, 0.25) is 0 Å². The van der Waals surface area contributed by atoms with Crippen LogP contribution in [-0.2, 0) is 6.54 Å². The van der Waals surface area contributed by atoms with E-state index in [0.29, 0.717) is 31.0 Å². The molecule has 1 heterocycles. The normalized spacial score (nSPS) is 11.3. The Morgan fingerprint density at radius 2 is 2.06 bits per heavy atom. The predicted octanol–water partition coefficient (Wildman–Crippen LogP) is 3.14. The van der Waals surface area contributed by atoms with Crippen LogP contribution in [-0.4, -0.2) is 17.6 Å². The number of rotatable bonds is 7. The zero-order valence-electron chi connectivity index (χ0n) is 11.7. The smallest absolute Gasteiger partial charge is 0.218 e. The van der Waals surface area contributed by atoms with Crippen LogP contribution in [0.25, 0.3) is 0 Å². The molecule has 0 aliphatic heterocycles. The summed E-state index contributed by atoms with van der Waals surface area (Å²) in [6.45, 7) is 9.56. The topological polar surface area (TPSA) is 34.1 Å². The molecule has 1 rings (SSSR count). The zero-order chi connectivity index (χ0) is 13.5. The Bertz CT molecular complexity index is 367. The Morgan fingerprint density at radius 3 is 2.67 bits per heavy atom. The number of pyridine rings is 1.